The van der Waals surface area contributed by atoms with Gasteiger partial charge in [-0.2, -0.15) is 0 Å². The van der Waals surface area contributed by atoms with Crippen molar-refractivity contribution in [2.45, 2.75) is 59.5 Å². The second-order valence-electron chi connectivity index (χ2n) is 9.30. The number of amides is 3. The Morgan fingerprint density at radius 2 is 1.65 bits per heavy atom. The summed E-state index contributed by atoms with van der Waals surface area (Å²) in [5.41, 5.74) is 5.61. The molecule has 172 valence electrons. The van der Waals surface area contributed by atoms with Crippen molar-refractivity contribution in [3.63, 3.8) is 0 Å². The summed E-state index contributed by atoms with van der Waals surface area (Å²) in [6, 6.07) is 7.15. The Labute approximate surface area is 183 Å². The fraction of sp³-hybridized carbons (Fsp3) is 0.591. The molecule has 4 N–H and O–H groups in total. The van der Waals surface area contributed by atoms with Gasteiger partial charge in [0.25, 0.3) is 0 Å². The van der Waals surface area contributed by atoms with Crippen molar-refractivity contribution in [3.8, 4) is 0 Å². The van der Waals surface area contributed by atoms with E-state index in [0.717, 1.165) is 5.56 Å². The van der Waals surface area contributed by atoms with Crippen molar-refractivity contribution in [1.82, 2.24) is 10.6 Å². The molecular weight excluding hydrogens is 400 g/mol. The van der Waals surface area contributed by atoms with Crippen LogP contribution in [0.15, 0.2) is 30.3 Å². The maximum absolute atomic E-state index is 13.0. The van der Waals surface area contributed by atoms with E-state index in [-0.39, 0.29) is 12.3 Å². The number of nitrogens with zero attached hydrogens (tertiary/aromatic N) is 1. The summed E-state index contributed by atoms with van der Waals surface area (Å²) in [4.78, 5) is 48.2. The highest BCUT2D eigenvalue weighted by Gasteiger charge is 2.37. The molecular formula is C22H34N4O5. The van der Waals surface area contributed by atoms with Crippen molar-refractivity contribution >= 4 is 17.7 Å². The van der Waals surface area contributed by atoms with Gasteiger partial charge in [-0.05, 0) is 23.3 Å². The summed E-state index contributed by atoms with van der Waals surface area (Å²) in [5, 5.41) is 16.3. The van der Waals surface area contributed by atoms with E-state index in [9.17, 15) is 24.5 Å². The number of rotatable bonds is 11. The summed E-state index contributed by atoms with van der Waals surface area (Å²) >= 11 is 0. The third-order valence-corrected chi connectivity index (χ3v) is 4.85. The number of hydrogen-bond donors (Lipinski definition) is 3. The van der Waals surface area contributed by atoms with Crippen LogP contribution >= 0.6 is 0 Å². The van der Waals surface area contributed by atoms with Crippen LogP contribution < -0.4 is 16.4 Å². The second-order valence-corrected chi connectivity index (χ2v) is 9.30. The first-order valence-electron chi connectivity index (χ1n) is 10.4. The number of nitrogens with two attached hydrogens (primary N) is 1. The molecule has 0 heterocycles. The Morgan fingerprint density at radius 3 is 2.10 bits per heavy atom. The van der Waals surface area contributed by atoms with E-state index in [1.54, 1.807) is 20.8 Å². The summed E-state index contributed by atoms with van der Waals surface area (Å²) in [6.45, 7) is 8.52. The average Bonchev–Trinajstić information content (AvgIpc) is 2.63. The molecule has 0 saturated carbocycles. The topological polar surface area (TPSA) is 144 Å². The van der Waals surface area contributed by atoms with Gasteiger partial charge in [0, 0.05) is 11.3 Å². The first kappa shape index (κ1) is 26.1. The molecule has 3 amide bonds. The quantitative estimate of drug-likeness (QED) is 0.358. The molecule has 0 bridgehead atoms. The first-order chi connectivity index (χ1) is 14.3. The van der Waals surface area contributed by atoms with Gasteiger partial charge in [-0.15, -0.1) is 0 Å². The van der Waals surface area contributed by atoms with Crippen LogP contribution in [0.4, 0.5) is 0 Å². The summed E-state index contributed by atoms with van der Waals surface area (Å²) in [6.07, 6.45) is 0.535. The van der Waals surface area contributed by atoms with E-state index >= 15 is 0 Å². The van der Waals surface area contributed by atoms with Crippen LogP contribution in [0.25, 0.3) is 0 Å². The molecule has 9 nitrogen and oxygen atoms in total. The number of primary amides is 1. The molecule has 0 radical (unpaired) electrons. The lowest BCUT2D eigenvalue weighted by Crippen LogP contribution is -2.58. The number of benzene rings is 1. The minimum absolute atomic E-state index is 0.0720. The van der Waals surface area contributed by atoms with Crippen LogP contribution in [0.3, 0.4) is 0 Å². The molecule has 1 aromatic carbocycles. The molecule has 9 heteroatoms. The van der Waals surface area contributed by atoms with E-state index < -0.39 is 52.6 Å². The van der Waals surface area contributed by atoms with Crippen LogP contribution in [0.5, 0.6) is 0 Å². The fourth-order valence-electron chi connectivity index (χ4n) is 3.28. The Morgan fingerprint density at radius 1 is 1.06 bits per heavy atom. The van der Waals surface area contributed by atoms with Crippen molar-refractivity contribution < 1.29 is 19.3 Å². The molecule has 0 spiro atoms. The smallest absolute Gasteiger partial charge is 0.243 e. The van der Waals surface area contributed by atoms with Crippen molar-refractivity contribution in [2.75, 3.05) is 6.54 Å². The van der Waals surface area contributed by atoms with Crippen LogP contribution in [0, 0.1) is 27.4 Å². The summed E-state index contributed by atoms with van der Waals surface area (Å²) < 4.78 is 0. The Bertz CT molecular complexity index is 774. The normalized spacial score (nSPS) is 14.4. The lowest BCUT2D eigenvalue weighted by molar-refractivity contribution is -0.486. The lowest BCUT2D eigenvalue weighted by Gasteiger charge is -2.32. The summed E-state index contributed by atoms with van der Waals surface area (Å²) in [7, 11) is 0. The predicted molar refractivity (Wildman–Crippen MR) is 117 cm³/mol. The van der Waals surface area contributed by atoms with Gasteiger partial charge in [-0.25, -0.2) is 0 Å². The van der Waals surface area contributed by atoms with Crippen LogP contribution in [-0.4, -0.2) is 41.3 Å². The number of nitro groups is 1. The van der Waals surface area contributed by atoms with E-state index in [4.69, 9.17) is 5.73 Å². The monoisotopic (exact) mass is 434 g/mol. The Balaban J connectivity index is 3.00. The largest absolute Gasteiger partial charge is 0.368 e. The van der Waals surface area contributed by atoms with Crippen molar-refractivity contribution in [3.05, 3.63) is 46.0 Å². The van der Waals surface area contributed by atoms with Gasteiger partial charge in [0.1, 0.15) is 18.0 Å². The van der Waals surface area contributed by atoms with Crippen molar-refractivity contribution in [2.24, 2.45) is 23.0 Å². The van der Waals surface area contributed by atoms with Gasteiger partial charge in [0.15, 0.2) is 0 Å². The van der Waals surface area contributed by atoms with Gasteiger partial charge in [-0.3, -0.25) is 24.5 Å². The highest BCUT2D eigenvalue weighted by atomic mass is 16.6. The number of nitrogens with one attached hydrogen (secondary N) is 2. The highest BCUT2D eigenvalue weighted by molar-refractivity contribution is 5.92. The SMILES string of the molecule is CC(C)C[C@H](C[N+](=O)[O-])C(=O)N[C@H](C(=O)N[C@@H](Cc1ccccc1)C(N)=O)C(C)(C)C. The standard InChI is InChI=1S/C22H34N4O5/c1-14(2)11-16(13-26(30)31)20(28)25-18(22(3,4)5)21(29)24-17(19(23)27)12-15-9-7-6-8-10-15/h6-10,14,16-18H,11-13H2,1-5H3,(H2,23,27)(H,24,29)(H,25,28)/t16-,17+,18-/m1/s1. The molecule has 3 atom stereocenters. The molecule has 0 aromatic heterocycles. The zero-order valence-electron chi connectivity index (χ0n) is 18.9. The average molecular weight is 435 g/mol. The van der Waals surface area contributed by atoms with Gasteiger partial charge in [-0.1, -0.05) is 65.0 Å². The number of carbonyl (C=O) groups is 3. The third-order valence-electron chi connectivity index (χ3n) is 4.85. The first-order valence-corrected chi connectivity index (χ1v) is 10.4. The van der Waals surface area contributed by atoms with Crippen LogP contribution in [0.1, 0.15) is 46.6 Å². The molecule has 1 aromatic rings. The molecule has 0 saturated heterocycles. The van der Waals surface area contributed by atoms with Gasteiger partial charge < -0.3 is 16.4 Å². The Hall–Kier alpha value is -2.97. The van der Waals surface area contributed by atoms with Gasteiger partial charge >= 0.3 is 0 Å². The third kappa shape index (κ3) is 9.15. The van der Waals surface area contributed by atoms with Gasteiger partial charge in [0.2, 0.25) is 24.3 Å². The van der Waals surface area contributed by atoms with Gasteiger partial charge in [0.05, 0.1) is 0 Å². The molecule has 0 aliphatic heterocycles. The van der Waals surface area contributed by atoms with Crippen molar-refractivity contribution in [1.29, 1.82) is 0 Å². The minimum Gasteiger partial charge on any atom is -0.368 e. The number of carbonyl (C=O) groups excluding carboxylic acids is 3. The molecule has 0 aliphatic rings. The molecule has 1 rings (SSSR count). The highest BCUT2D eigenvalue weighted by Crippen LogP contribution is 2.21. The molecule has 0 unspecified atom stereocenters. The maximum Gasteiger partial charge on any atom is 0.243 e. The van der Waals surface area contributed by atoms with Crippen LogP contribution in [0.2, 0.25) is 0 Å². The predicted octanol–water partition coefficient (Wildman–Crippen LogP) is 1.67. The molecule has 0 fully saturated rings. The molecule has 31 heavy (non-hydrogen) atoms. The summed E-state index contributed by atoms with van der Waals surface area (Å²) in [5.74, 6) is -2.60. The Kier molecular flexibility index (Phi) is 9.61. The van der Waals surface area contributed by atoms with Crippen LogP contribution in [-0.2, 0) is 20.8 Å². The maximum atomic E-state index is 13.0. The van der Waals surface area contributed by atoms with E-state index in [0.29, 0.717) is 6.42 Å². The zero-order chi connectivity index (χ0) is 23.8. The fourth-order valence-corrected chi connectivity index (χ4v) is 3.28. The lowest BCUT2D eigenvalue weighted by atomic mass is 9.85. The van der Waals surface area contributed by atoms with E-state index in [2.05, 4.69) is 10.6 Å². The van der Waals surface area contributed by atoms with E-state index in [1.165, 1.54) is 0 Å². The molecule has 0 aliphatic carbocycles. The van der Waals surface area contributed by atoms with E-state index in [1.807, 2.05) is 44.2 Å². The minimum atomic E-state index is -1.00. The second kappa shape index (κ2) is 11.4. The zero-order valence-corrected chi connectivity index (χ0v) is 18.9. The number of hydrogen-bond acceptors (Lipinski definition) is 5.